The van der Waals surface area contributed by atoms with E-state index >= 15 is 0 Å². The lowest BCUT2D eigenvalue weighted by Crippen LogP contribution is -2.48. The lowest BCUT2D eigenvalue weighted by atomic mass is 10.3. The van der Waals surface area contributed by atoms with E-state index in [2.05, 4.69) is 27.6 Å². The molecule has 1 amide bonds. The van der Waals surface area contributed by atoms with Gasteiger partial charge in [-0.1, -0.05) is 5.21 Å². The van der Waals surface area contributed by atoms with Crippen LogP contribution in [-0.2, 0) is 17.9 Å². The number of nitrogens with one attached hydrogen (secondary N) is 1. The number of likely N-dealkylation sites (N-methyl/N-ethyl adjacent to an activating group) is 1. The Bertz CT molecular complexity index is 461. The largest absolute Gasteiger partial charge is 0.339 e. The van der Waals surface area contributed by atoms with Crippen molar-refractivity contribution < 1.29 is 4.79 Å². The van der Waals surface area contributed by atoms with E-state index in [9.17, 15) is 4.79 Å². The van der Waals surface area contributed by atoms with Gasteiger partial charge in [0, 0.05) is 38.8 Å². The summed E-state index contributed by atoms with van der Waals surface area (Å²) in [5, 5.41) is 11.5. The van der Waals surface area contributed by atoms with Crippen molar-refractivity contribution in [2.24, 2.45) is 0 Å². The van der Waals surface area contributed by atoms with E-state index in [1.807, 2.05) is 11.1 Å². The molecule has 2 heterocycles. The van der Waals surface area contributed by atoms with Crippen LogP contribution in [0.1, 0.15) is 18.5 Å². The summed E-state index contributed by atoms with van der Waals surface area (Å²) in [5.74, 6) is 0.129. The predicted molar refractivity (Wildman–Crippen MR) is 74.0 cm³/mol. The van der Waals surface area contributed by atoms with Crippen LogP contribution in [-0.4, -0.2) is 70.0 Å². The Morgan fingerprint density at radius 2 is 2.10 bits per heavy atom. The van der Waals surface area contributed by atoms with Crippen LogP contribution in [0.2, 0.25) is 0 Å². The normalized spacial score (nSPS) is 20.4. The van der Waals surface area contributed by atoms with Gasteiger partial charge < -0.3 is 15.1 Å². The molecule has 1 saturated heterocycles. The van der Waals surface area contributed by atoms with Crippen LogP contribution in [0.4, 0.5) is 0 Å². The lowest BCUT2D eigenvalue weighted by molar-refractivity contribution is -0.133. The third-order valence-corrected chi connectivity index (χ3v) is 3.89. The number of hydrogen-bond donors (Lipinski definition) is 1. The fourth-order valence-electron chi connectivity index (χ4n) is 2.33. The second-order valence-electron chi connectivity index (χ2n) is 5.75. The smallest absolute Gasteiger partial charge is 0.244 e. The molecule has 1 saturated carbocycles. The maximum absolute atomic E-state index is 12.2. The molecule has 3 rings (SSSR count). The van der Waals surface area contributed by atoms with Gasteiger partial charge in [-0.3, -0.25) is 4.79 Å². The second-order valence-corrected chi connectivity index (χ2v) is 5.75. The molecule has 2 fully saturated rings. The molecule has 0 atom stereocenters. The molecule has 1 aliphatic carbocycles. The van der Waals surface area contributed by atoms with Gasteiger partial charge in [-0.15, -0.1) is 5.10 Å². The molecule has 20 heavy (non-hydrogen) atoms. The number of hydrogen-bond acceptors (Lipinski definition) is 5. The Labute approximate surface area is 118 Å². The van der Waals surface area contributed by atoms with Crippen LogP contribution in [0, 0.1) is 0 Å². The molecule has 110 valence electrons. The zero-order valence-corrected chi connectivity index (χ0v) is 12.0. The van der Waals surface area contributed by atoms with E-state index in [-0.39, 0.29) is 5.91 Å². The SMILES string of the molecule is CN1CCN(C(=O)Cn2cc(CNC3CC3)nn2)CC1. The summed E-state index contributed by atoms with van der Waals surface area (Å²) < 4.78 is 1.64. The van der Waals surface area contributed by atoms with Gasteiger partial charge in [0.2, 0.25) is 5.91 Å². The molecule has 7 heteroatoms. The maximum atomic E-state index is 12.2. The number of aromatic nitrogens is 3. The van der Waals surface area contributed by atoms with Gasteiger partial charge in [-0.05, 0) is 19.9 Å². The predicted octanol–water partition coefficient (Wildman–Crippen LogP) is -0.696. The Hall–Kier alpha value is -1.47. The van der Waals surface area contributed by atoms with Gasteiger partial charge in [0.1, 0.15) is 6.54 Å². The highest BCUT2D eigenvalue weighted by molar-refractivity contribution is 5.76. The molecule has 0 bridgehead atoms. The Morgan fingerprint density at radius 1 is 1.35 bits per heavy atom. The van der Waals surface area contributed by atoms with E-state index in [0.717, 1.165) is 38.4 Å². The summed E-state index contributed by atoms with van der Waals surface area (Å²) in [6.07, 6.45) is 4.38. The highest BCUT2D eigenvalue weighted by atomic mass is 16.2. The van der Waals surface area contributed by atoms with Gasteiger partial charge in [-0.25, -0.2) is 4.68 Å². The van der Waals surface area contributed by atoms with Crippen LogP contribution >= 0.6 is 0 Å². The molecule has 0 aromatic carbocycles. The van der Waals surface area contributed by atoms with Gasteiger partial charge in [0.05, 0.1) is 11.9 Å². The first-order valence-corrected chi connectivity index (χ1v) is 7.29. The zero-order valence-electron chi connectivity index (χ0n) is 12.0. The average Bonchev–Trinajstić information content (AvgIpc) is 3.17. The molecule has 1 aromatic heterocycles. The second kappa shape index (κ2) is 5.88. The molecule has 0 radical (unpaired) electrons. The summed E-state index contributed by atoms with van der Waals surface area (Å²) in [6.45, 7) is 4.53. The van der Waals surface area contributed by atoms with Crippen LogP contribution in [0.25, 0.3) is 0 Å². The van der Waals surface area contributed by atoms with Crippen LogP contribution in [0.3, 0.4) is 0 Å². The lowest BCUT2D eigenvalue weighted by Gasteiger charge is -2.32. The van der Waals surface area contributed by atoms with Gasteiger partial charge in [0.15, 0.2) is 0 Å². The maximum Gasteiger partial charge on any atom is 0.244 e. The Morgan fingerprint density at radius 3 is 2.80 bits per heavy atom. The third kappa shape index (κ3) is 3.55. The van der Waals surface area contributed by atoms with Crippen molar-refractivity contribution in [3.8, 4) is 0 Å². The van der Waals surface area contributed by atoms with Crippen molar-refractivity contribution in [2.45, 2.75) is 32.0 Å². The minimum absolute atomic E-state index is 0.129. The number of amides is 1. The fraction of sp³-hybridized carbons (Fsp3) is 0.769. The van der Waals surface area contributed by atoms with Crippen LogP contribution in [0.5, 0.6) is 0 Å². The van der Waals surface area contributed by atoms with Crippen molar-refractivity contribution in [1.82, 2.24) is 30.1 Å². The van der Waals surface area contributed by atoms with Crippen molar-refractivity contribution in [3.63, 3.8) is 0 Å². The van der Waals surface area contributed by atoms with E-state index in [4.69, 9.17) is 0 Å². The molecular formula is C13H22N6O. The van der Waals surface area contributed by atoms with Crippen molar-refractivity contribution in [2.75, 3.05) is 33.2 Å². The number of carbonyl (C=O) groups is 1. The zero-order chi connectivity index (χ0) is 13.9. The summed E-state index contributed by atoms with van der Waals surface area (Å²) in [4.78, 5) is 16.3. The molecule has 2 aliphatic rings. The monoisotopic (exact) mass is 278 g/mol. The summed E-state index contributed by atoms with van der Waals surface area (Å²) >= 11 is 0. The highest BCUT2D eigenvalue weighted by Gasteiger charge is 2.21. The fourth-order valence-corrected chi connectivity index (χ4v) is 2.33. The standard InChI is InChI=1S/C13H22N6O/c1-17-4-6-18(7-5-17)13(20)10-19-9-12(15-16-19)8-14-11-2-3-11/h9,11,14H,2-8,10H2,1H3. The molecule has 1 aromatic rings. The van der Waals surface area contributed by atoms with Crippen molar-refractivity contribution in [1.29, 1.82) is 0 Å². The van der Waals surface area contributed by atoms with E-state index < -0.39 is 0 Å². The minimum atomic E-state index is 0.129. The molecular weight excluding hydrogens is 256 g/mol. The number of piperazine rings is 1. The molecule has 1 N–H and O–H groups in total. The summed E-state index contributed by atoms with van der Waals surface area (Å²) in [7, 11) is 2.08. The Balaban J connectivity index is 1.47. The highest BCUT2D eigenvalue weighted by Crippen LogP contribution is 2.18. The summed E-state index contributed by atoms with van der Waals surface area (Å²) in [5.41, 5.74) is 0.906. The average molecular weight is 278 g/mol. The molecule has 0 spiro atoms. The van der Waals surface area contributed by atoms with Gasteiger partial charge >= 0.3 is 0 Å². The van der Waals surface area contributed by atoms with Crippen LogP contribution in [0.15, 0.2) is 6.20 Å². The first-order chi connectivity index (χ1) is 9.70. The summed E-state index contributed by atoms with van der Waals surface area (Å²) in [6, 6.07) is 0.659. The van der Waals surface area contributed by atoms with E-state index in [1.54, 1.807) is 4.68 Å². The van der Waals surface area contributed by atoms with Gasteiger partial charge in [0.25, 0.3) is 0 Å². The van der Waals surface area contributed by atoms with Crippen molar-refractivity contribution in [3.05, 3.63) is 11.9 Å². The topological polar surface area (TPSA) is 66.3 Å². The van der Waals surface area contributed by atoms with E-state index in [0.29, 0.717) is 12.6 Å². The van der Waals surface area contributed by atoms with Crippen LogP contribution < -0.4 is 5.32 Å². The minimum Gasteiger partial charge on any atom is -0.339 e. The van der Waals surface area contributed by atoms with Gasteiger partial charge in [-0.2, -0.15) is 0 Å². The van der Waals surface area contributed by atoms with Crippen molar-refractivity contribution >= 4 is 5.91 Å². The first-order valence-electron chi connectivity index (χ1n) is 7.29. The quantitative estimate of drug-likeness (QED) is 0.772. The first kappa shape index (κ1) is 13.5. The molecule has 1 aliphatic heterocycles. The van der Waals surface area contributed by atoms with E-state index in [1.165, 1.54) is 12.8 Å². The number of rotatable bonds is 5. The Kier molecular flexibility index (Phi) is 3.98. The molecule has 0 unspecified atom stereocenters. The third-order valence-electron chi connectivity index (χ3n) is 3.89. The number of nitrogens with zero attached hydrogens (tertiary/aromatic N) is 5. The number of carbonyl (C=O) groups excluding carboxylic acids is 1. The molecule has 7 nitrogen and oxygen atoms in total.